The summed E-state index contributed by atoms with van der Waals surface area (Å²) in [5, 5.41) is 0.965. The molecule has 2 fully saturated rings. The van der Waals surface area contributed by atoms with Gasteiger partial charge in [0, 0.05) is 26.2 Å². The second-order valence-corrected chi connectivity index (χ2v) is 8.05. The van der Waals surface area contributed by atoms with Crippen molar-refractivity contribution in [3.8, 4) is 0 Å². The quantitative estimate of drug-likeness (QED) is 0.736. The van der Waals surface area contributed by atoms with Crippen molar-refractivity contribution in [2.45, 2.75) is 12.8 Å². The molecule has 0 saturated carbocycles. The third-order valence-corrected chi connectivity index (χ3v) is 7.44. The van der Waals surface area contributed by atoms with E-state index in [2.05, 4.69) is 9.34 Å². The second-order valence-electron chi connectivity index (χ2n) is 5.26. The summed E-state index contributed by atoms with van der Waals surface area (Å²) < 4.78 is 34.4. The van der Waals surface area contributed by atoms with Gasteiger partial charge in [0.15, 0.2) is 0 Å². The molecule has 0 aliphatic carbocycles. The Hall–Kier alpha value is -0.390. The summed E-state index contributed by atoms with van der Waals surface area (Å²) in [6.45, 7) is 6.27. The van der Waals surface area contributed by atoms with Gasteiger partial charge in [-0.1, -0.05) is 0 Å². The normalized spacial score (nSPS) is 26.9. The van der Waals surface area contributed by atoms with Gasteiger partial charge in [-0.05, 0) is 12.8 Å². The van der Waals surface area contributed by atoms with E-state index < -0.39 is 7.44 Å². The molecule has 0 atom stereocenters. The maximum absolute atomic E-state index is 13.9. The van der Waals surface area contributed by atoms with Crippen molar-refractivity contribution >= 4 is 7.44 Å². The molecule has 20 heavy (non-hydrogen) atoms. The molecule has 0 aromatic carbocycles. The molecular formula is C13H23N2O4P. The predicted octanol–water partition coefficient (Wildman–Crippen LogP) is 1.50. The molecule has 3 rings (SSSR count). The van der Waals surface area contributed by atoms with Gasteiger partial charge in [0.05, 0.1) is 44.6 Å². The number of morpholine rings is 2. The van der Waals surface area contributed by atoms with Gasteiger partial charge in [-0.15, -0.1) is 0 Å². The molecule has 0 amide bonds. The Labute approximate surface area is 120 Å². The minimum atomic E-state index is -2.70. The monoisotopic (exact) mass is 302 g/mol. The minimum absolute atomic E-state index is 0.655. The predicted molar refractivity (Wildman–Crippen MR) is 75.7 cm³/mol. The van der Waals surface area contributed by atoms with Crippen LogP contribution in [0, 0.1) is 0 Å². The second kappa shape index (κ2) is 6.58. The first-order chi connectivity index (χ1) is 9.82. The number of hydrogen-bond acceptors (Lipinski definition) is 4. The summed E-state index contributed by atoms with van der Waals surface area (Å²) >= 11 is 0. The van der Waals surface area contributed by atoms with Crippen LogP contribution in [0.2, 0.25) is 0 Å². The summed E-state index contributed by atoms with van der Waals surface area (Å²) in [5.41, 5.74) is 0. The zero-order valence-corrected chi connectivity index (χ0v) is 12.7. The van der Waals surface area contributed by atoms with Crippen molar-refractivity contribution in [2.75, 3.05) is 59.2 Å². The highest BCUT2D eigenvalue weighted by Gasteiger charge is 2.42. The zero-order valence-electron chi connectivity index (χ0n) is 11.8. The smallest absolute Gasteiger partial charge is 0.245 e. The highest BCUT2D eigenvalue weighted by Crippen LogP contribution is 2.62. The number of rotatable bonds is 3. The van der Waals surface area contributed by atoms with Gasteiger partial charge in [-0.2, -0.15) is 0 Å². The Morgan fingerprint density at radius 2 is 1.45 bits per heavy atom. The van der Waals surface area contributed by atoms with Crippen molar-refractivity contribution < 1.29 is 18.8 Å². The first-order valence-corrected chi connectivity index (χ1v) is 9.00. The molecule has 3 aliphatic rings. The maximum atomic E-state index is 13.9. The van der Waals surface area contributed by atoms with E-state index in [-0.39, 0.29) is 0 Å². The lowest BCUT2D eigenvalue weighted by molar-refractivity contribution is 0.0528. The molecule has 0 spiro atoms. The lowest BCUT2D eigenvalue weighted by atomic mass is 10.3. The fourth-order valence-electron chi connectivity index (χ4n) is 2.96. The summed E-state index contributed by atoms with van der Waals surface area (Å²) in [7, 11) is -2.70. The third-order valence-electron chi connectivity index (χ3n) is 4.03. The molecule has 0 radical (unpaired) electrons. The molecule has 0 bridgehead atoms. The van der Waals surface area contributed by atoms with E-state index in [0.29, 0.717) is 26.4 Å². The molecule has 3 heterocycles. The van der Waals surface area contributed by atoms with E-state index >= 15 is 0 Å². The highest BCUT2D eigenvalue weighted by atomic mass is 31.2. The van der Waals surface area contributed by atoms with Gasteiger partial charge in [0.2, 0.25) is 7.44 Å². The van der Waals surface area contributed by atoms with E-state index in [1.165, 1.54) is 0 Å². The van der Waals surface area contributed by atoms with Crippen LogP contribution in [-0.4, -0.2) is 68.6 Å². The van der Waals surface area contributed by atoms with Crippen LogP contribution in [0.4, 0.5) is 0 Å². The first-order valence-electron chi connectivity index (χ1n) is 7.39. The van der Waals surface area contributed by atoms with Gasteiger partial charge in [0.1, 0.15) is 0 Å². The molecular weight excluding hydrogens is 279 g/mol. The van der Waals surface area contributed by atoms with Crippen molar-refractivity contribution in [1.82, 2.24) is 9.34 Å². The topological polar surface area (TPSA) is 51.2 Å². The number of hydrogen-bond donors (Lipinski definition) is 0. The van der Waals surface area contributed by atoms with E-state index in [9.17, 15) is 4.57 Å². The Kier molecular flexibility index (Phi) is 4.79. The number of allylic oxidation sites excluding steroid dienone is 1. The summed E-state index contributed by atoms with van der Waals surface area (Å²) in [4.78, 5) is 0. The van der Waals surface area contributed by atoms with Crippen LogP contribution in [0.3, 0.4) is 0 Å². The van der Waals surface area contributed by atoms with E-state index in [4.69, 9.17) is 14.2 Å². The minimum Gasteiger partial charge on any atom is -0.501 e. The van der Waals surface area contributed by atoms with Crippen LogP contribution in [-0.2, 0) is 18.8 Å². The molecule has 2 saturated heterocycles. The number of ether oxygens (including phenoxy) is 3. The molecule has 3 aliphatic heterocycles. The highest BCUT2D eigenvalue weighted by molar-refractivity contribution is 7.63. The van der Waals surface area contributed by atoms with Crippen molar-refractivity contribution in [2.24, 2.45) is 0 Å². The molecule has 0 aromatic rings. The van der Waals surface area contributed by atoms with Crippen LogP contribution in [0.5, 0.6) is 0 Å². The van der Waals surface area contributed by atoms with E-state index in [0.717, 1.165) is 50.9 Å². The Morgan fingerprint density at radius 1 is 0.900 bits per heavy atom. The lowest BCUT2D eigenvalue weighted by Gasteiger charge is -2.43. The van der Waals surface area contributed by atoms with Crippen molar-refractivity contribution in [3.05, 3.63) is 11.6 Å². The maximum Gasteiger partial charge on any atom is 0.245 e. The third kappa shape index (κ3) is 2.81. The van der Waals surface area contributed by atoms with Crippen molar-refractivity contribution in [3.63, 3.8) is 0 Å². The first kappa shape index (κ1) is 14.5. The van der Waals surface area contributed by atoms with Crippen LogP contribution in [0.25, 0.3) is 0 Å². The van der Waals surface area contributed by atoms with Gasteiger partial charge in [-0.3, -0.25) is 4.57 Å². The molecule has 6 nitrogen and oxygen atoms in total. The van der Waals surface area contributed by atoms with Gasteiger partial charge in [-0.25, -0.2) is 9.34 Å². The van der Waals surface area contributed by atoms with Gasteiger partial charge < -0.3 is 14.2 Å². The zero-order chi connectivity index (χ0) is 13.8. The van der Waals surface area contributed by atoms with Crippen molar-refractivity contribution in [1.29, 1.82) is 0 Å². The summed E-state index contributed by atoms with van der Waals surface area (Å²) in [5.74, 6) is 0. The van der Waals surface area contributed by atoms with E-state index in [1.807, 2.05) is 0 Å². The molecule has 114 valence electrons. The molecule has 0 unspecified atom stereocenters. The van der Waals surface area contributed by atoms with Gasteiger partial charge in [0.25, 0.3) is 0 Å². The average Bonchev–Trinajstić information content (AvgIpc) is 2.56. The molecule has 7 heteroatoms. The summed E-state index contributed by atoms with van der Waals surface area (Å²) in [6.07, 6.45) is 3.56. The van der Waals surface area contributed by atoms with Crippen LogP contribution in [0.15, 0.2) is 11.6 Å². The van der Waals surface area contributed by atoms with Gasteiger partial charge >= 0.3 is 0 Å². The number of nitrogens with zero attached hydrogens (tertiary/aromatic N) is 2. The Bertz CT molecular complexity index is 381. The fraction of sp³-hybridized carbons (Fsp3) is 0.846. The Balaban J connectivity index is 1.88. The van der Waals surface area contributed by atoms with Crippen LogP contribution >= 0.6 is 7.44 Å². The van der Waals surface area contributed by atoms with Crippen LogP contribution in [0.1, 0.15) is 12.8 Å². The fourth-order valence-corrected chi connectivity index (χ4v) is 6.11. The molecule has 0 aromatic heterocycles. The lowest BCUT2D eigenvalue weighted by Crippen LogP contribution is -2.43. The standard InChI is InChI=1S/C13H23N2O4P/c16-20(13-2-1-7-19-12-13,14-3-8-17-9-4-14)15-5-10-18-11-6-15/h12H,1-11H2. The SMILES string of the molecule is O=P(C1=COCCC1)(N1CCOCC1)N1CCOCC1. The average molecular weight is 302 g/mol. The largest absolute Gasteiger partial charge is 0.501 e. The van der Waals surface area contributed by atoms with E-state index in [1.54, 1.807) is 6.26 Å². The Morgan fingerprint density at radius 3 is 1.90 bits per heavy atom. The molecule has 0 N–H and O–H groups in total. The summed E-state index contributed by atoms with van der Waals surface area (Å²) in [6, 6.07) is 0. The van der Waals surface area contributed by atoms with Crippen LogP contribution < -0.4 is 0 Å².